The van der Waals surface area contributed by atoms with Gasteiger partial charge < -0.3 is 10.1 Å². The van der Waals surface area contributed by atoms with Gasteiger partial charge in [0.05, 0.1) is 28.7 Å². The van der Waals surface area contributed by atoms with Crippen LogP contribution >= 0.6 is 23.2 Å². The standard InChI is InChI=1S/C13H15Cl2NO2/c1-8(17)10-7-16-4-5-18-13(10)9-2-3-11(14)12(15)6-9/h2-3,6,10,13,16H,4-5,7H2,1H3. The highest BCUT2D eigenvalue weighted by Gasteiger charge is 2.29. The molecule has 18 heavy (non-hydrogen) atoms. The van der Waals surface area contributed by atoms with Crippen molar-refractivity contribution in [1.29, 1.82) is 0 Å². The molecule has 0 bridgehead atoms. The third-order valence-corrected chi connectivity index (χ3v) is 3.84. The lowest BCUT2D eigenvalue weighted by molar-refractivity contribution is -0.125. The van der Waals surface area contributed by atoms with Crippen molar-refractivity contribution in [2.75, 3.05) is 19.7 Å². The summed E-state index contributed by atoms with van der Waals surface area (Å²) in [6.07, 6.45) is -0.257. The van der Waals surface area contributed by atoms with Crippen LogP contribution < -0.4 is 5.32 Å². The van der Waals surface area contributed by atoms with Gasteiger partial charge in [-0.1, -0.05) is 29.3 Å². The molecule has 1 heterocycles. The molecule has 1 aliphatic rings. The summed E-state index contributed by atoms with van der Waals surface area (Å²) in [6, 6.07) is 5.37. The molecule has 1 aromatic carbocycles. The Morgan fingerprint density at radius 1 is 1.39 bits per heavy atom. The molecule has 0 amide bonds. The molecule has 1 fully saturated rings. The molecule has 0 saturated carbocycles. The molecule has 1 N–H and O–H groups in total. The lowest BCUT2D eigenvalue weighted by atomic mass is 9.92. The summed E-state index contributed by atoms with van der Waals surface area (Å²) < 4.78 is 5.77. The minimum absolute atomic E-state index is 0.112. The third-order valence-electron chi connectivity index (χ3n) is 3.10. The van der Waals surface area contributed by atoms with E-state index in [9.17, 15) is 4.79 Å². The van der Waals surface area contributed by atoms with Gasteiger partial charge in [-0.05, 0) is 24.6 Å². The summed E-state index contributed by atoms with van der Waals surface area (Å²) >= 11 is 11.9. The van der Waals surface area contributed by atoms with Crippen LogP contribution in [0, 0.1) is 5.92 Å². The summed E-state index contributed by atoms with van der Waals surface area (Å²) in [7, 11) is 0. The minimum atomic E-state index is -0.257. The Balaban J connectivity index is 2.31. The summed E-state index contributed by atoms with van der Waals surface area (Å²) in [4.78, 5) is 11.7. The number of hydrogen-bond donors (Lipinski definition) is 1. The maximum absolute atomic E-state index is 11.7. The largest absolute Gasteiger partial charge is 0.371 e. The smallest absolute Gasteiger partial charge is 0.137 e. The van der Waals surface area contributed by atoms with E-state index in [-0.39, 0.29) is 17.8 Å². The second kappa shape index (κ2) is 6.02. The molecule has 2 rings (SSSR count). The number of Topliss-reactive ketones (excluding diaryl/α,β-unsaturated/α-hetero) is 1. The molecule has 2 unspecified atom stereocenters. The van der Waals surface area contributed by atoms with Crippen molar-refractivity contribution in [1.82, 2.24) is 5.32 Å². The molecule has 1 saturated heterocycles. The van der Waals surface area contributed by atoms with Crippen molar-refractivity contribution in [3.05, 3.63) is 33.8 Å². The first-order valence-electron chi connectivity index (χ1n) is 5.87. The van der Waals surface area contributed by atoms with Gasteiger partial charge in [0.25, 0.3) is 0 Å². The van der Waals surface area contributed by atoms with Gasteiger partial charge in [-0.3, -0.25) is 4.79 Å². The third kappa shape index (κ3) is 3.04. The summed E-state index contributed by atoms with van der Waals surface area (Å²) in [5.74, 6) is -0.0785. The second-order valence-corrected chi connectivity index (χ2v) is 5.20. The molecule has 5 heteroatoms. The summed E-state index contributed by atoms with van der Waals surface area (Å²) in [6.45, 7) is 3.54. The van der Waals surface area contributed by atoms with Gasteiger partial charge in [-0.25, -0.2) is 0 Å². The molecule has 2 atom stereocenters. The number of carbonyl (C=O) groups is 1. The molecule has 0 aromatic heterocycles. The Hall–Kier alpha value is -0.610. The molecule has 1 aromatic rings. The molecular formula is C13H15Cl2NO2. The van der Waals surface area contributed by atoms with Crippen LogP contribution in [0.15, 0.2) is 18.2 Å². The summed E-state index contributed by atoms with van der Waals surface area (Å²) in [5.41, 5.74) is 0.897. The fourth-order valence-corrected chi connectivity index (χ4v) is 2.42. The van der Waals surface area contributed by atoms with Crippen LogP contribution in [0.1, 0.15) is 18.6 Å². The average Bonchev–Trinajstić information content (AvgIpc) is 2.58. The van der Waals surface area contributed by atoms with Crippen LogP contribution in [0.2, 0.25) is 10.0 Å². The van der Waals surface area contributed by atoms with E-state index in [4.69, 9.17) is 27.9 Å². The van der Waals surface area contributed by atoms with E-state index in [0.717, 1.165) is 12.1 Å². The van der Waals surface area contributed by atoms with E-state index in [1.54, 1.807) is 19.1 Å². The number of rotatable bonds is 2. The van der Waals surface area contributed by atoms with Crippen molar-refractivity contribution in [2.45, 2.75) is 13.0 Å². The van der Waals surface area contributed by atoms with E-state index in [1.165, 1.54) is 0 Å². The zero-order chi connectivity index (χ0) is 13.1. The van der Waals surface area contributed by atoms with E-state index >= 15 is 0 Å². The number of hydrogen-bond acceptors (Lipinski definition) is 3. The van der Waals surface area contributed by atoms with Crippen molar-refractivity contribution in [2.24, 2.45) is 5.92 Å². The Labute approximate surface area is 116 Å². The second-order valence-electron chi connectivity index (χ2n) is 4.39. The molecular weight excluding hydrogens is 273 g/mol. The number of benzene rings is 1. The number of ketones is 1. The highest BCUT2D eigenvalue weighted by molar-refractivity contribution is 6.42. The van der Waals surface area contributed by atoms with Gasteiger partial charge in [-0.2, -0.15) is 0 Å². The van der Waals surface area contributed by atoms with Crippen LogP contribution in [0.5, 0.6) is 0 Å². The molecule has 3 nitrogen and oxygen atoms in total. The average molecular weight is 288 g/mol. The fourth-order valence-electron chi connectivity index (χ4n) is 2.11. The SMILES string of the molecule is CC(=O)C1CNCCOC1c1ccc(Cl)c(Cl)c1. The highest BCUT2D eigenvalue weighted by atomic mass is 35.5. The van der Waals surface area contributed by atoms with Crippen LogP contribution in [0.4, 0.5) is 0 Å². The molecule has 0 radical (unpaired) electrons. The number of carbonyl (C=O) groups excluding carboxylic acids is 1. The fraction of sp³-hybridized carbons (Fsp3) is 0.462. The van der Waals surface area contributed by atoms with Gasteiger partial charge in [0.2, 0.25) is 0 Å². The van der Waals surface area contributed by atoms with Crippen molar-refractivity contribution in [3.8, 4) is 0 Å². The van der Waals surface area contributed by atoms with E-state index < -0.39 is 0 Å². The molecule has 98 valence electrons. The zero-order valence-electron chi connectivity index (χ0n) is 10.1. The Kier molecular flexibility index (Phi) is 4.62. The van der Waals surface area contributed by atoms with Crippen LogP contribution in [0.3, 0.4) is 0 Å². The maximum Gasteiger partial charge on any atom is 0.137 e. The van der Waals surface area contributed by atoms with Gasteiger partial charge >= 0.3 is 0 Å². The Bertz CT molecular complexity index is 451. The highest BCUT2D eigenvalue weighted by Crippen LogP contribution is 2.32. The molecule has 0 spiro atoms. The van der Waals surface area contributed by atoms with Gasteiger partial charge in [0.1, 0.15) is 5.78 Å². The number of halogens is 2. The first-order valence-corrected chi connectivity index (χ1v) is 6.63. The topological polar surface area (TPSA) is 38.3 Å². The van der Waals surface area contributed by atoms with E-state index in [0.29, 0.717) is 23.2 Å². The quantitative estimate of drug-likeness (QED) is 0.909. The monoisotopic (exact) mass is 287 g/mol. The lowest BCUT2D eigenvalue weighted by Gasteiger charge is -2.23. The first-order chi connectivity index (χ1) is 8.59. The number of ether oxygens (including phenoxy) is 1. The van der Waals surface area contributed by atoms with E-state index in [2.05, 4.69) is 5.32 Å². The zero-order valence-corrected chi connectivity index (χ0v) is 11.6. The predicted molar refractivity (Wildman–Crippen MR) is 72.2 cm³/mol. The molecule has 1 aliphatic heterocycles. The normalized spacial score (nSPS) is 24.6. The van der Waals surface area contributed by atoms with Gasteiger partial charge in [0, 0.05) is 13.1 Å². The maximum atomic E-state index is 11.7. The summed E-state index contributed by atoms with van der Waals surface area (Å²) in [5, 5.41) is 4.19. The van der Waals surface area contributed by atoms with Crippen molar-refractivity contribution in [3.63, 3.8) is 0 Å². The van der Waals surface area contributed by atoms with Crippen LogP contribution in [-0.4, -0.2) is 25.5 Å². The van der Waals surface area contributed by atoms with Gasteiger partial charge in [-0.15, -0.1) is 0 Å². The van der Waals surface area contributed by atoms with E-state index in [1.807, 2.05) is 6.07 Å². The minimum Gasteiger partial charge on any atom is -0.371 e. The number of nitrogens with one attached hydrogen (secondary N) is 1. The van der Waals surface area contributed by atoms with Crippen molar-refractivity contribution >= 4 is 29.0 Å². The van der Waals surface area contributed by atoms with Gasteiger partial charge in [0.15, 0.2) is 0 Å². The molecule has 0 aliphatic carbocycles. The van der Waals surface area contributed by atoms with Crippen LogP contribution in [-0.2, 0) is 9.53 Å². The predicted octanol–water partition coefficient (Wildman–Crippen LogP) is 2.86. The van der Waals surface area contributed by atoms with Crippen molar-refractivity contribution < 1.29 is 9.53 Å². The lowest BCUT2D eigenvalue weighted by Crippen LogP contribution is -2.29. The Morgan fingerprint density at radius 3 is 2.83 bits per heavy atom. The first kappa shape index (κ1) is 13.8. The van der Waals surface area contributed by atoms with Crippen LogP contribution in [0.25, 0.3) is 0 Å². The Morgan fingerprint density at radius 2 is 2.17 bits per heavy atom.